The van der Waals surface area contributed by atoms with E-state index < -0.39 is 17.2 Å². The Morgan fingerprint density at radius 3 is 2.68 bits per heavy atom. The van der Waals surface area contributed by atoms with E-state index in [-0.39, 0.29) is 11.0 Å². The van der Waals surface area contributed by atoms with Gasteiger partial charge < -0.3 is 5.32 Å². The van der Waals surface area contributed by atoms with E-state index in [1.54, 1.807) is 24.3 Å². The van der Waals surface area contributed by atoms with Gasteiger partial charge in [0, 0.05) is 19.7 Å². The Bertz CT molecular complexity index is 1320. The number of aromatic nitrogens is 7. The fraction of sp³-hybridized carbons (Fsp3) is 0.118. The number of nitrogens with one attached hydrogen (secondary N) is 1. The maximum absolute atomic E-state index is 12.6. The molecule has 0 radical (unpaired) electrons. The van der Waals surface area contributed by atoms with Gasteiger partial charge in [-0.1, -0.05) is 6.07 Å². The summed E-state index contributed by atoms with van der Waals surface area (Å²) < 4.78 is 3.70. The highest BCUT2D eigenvalue weighted by Gasteiger charge is 2.13. The first kappa shape index (κ1) is 17.3. The fourth-order valence-corrected chi connectivity index (χ4v) is 2.81. The maximum Gasteiger partial charge on any atom is 0.332 e. The van der Waals surface area contributed by atoms with Crippen LogP contribution in [0.2, 0.25) is 0 Å². The highest BCUT2D eigenvalue weighted by atomic mass is 16.2. The zero-order valence-electron chi connectivity index (χ0n) is 14.9. The van der Waals surface area contributed by atoms with Crippen molar-refractivity contribution < 1.29 is 4.79 Å². The maximum atomic E-state index is 12.6. The third kappa shape index (κ3) is 2.84. The van der Waals surface area contributed by atoms with Gasteiger partial charge in [0.25, 0.3) is 11.5 Å². The first-order valence-corrected chi connectivity index (χ1v) is 8.16. The van der Waals surface area contributed by atoms with Crippen LogP contribution in [0.5, 0.6) is 0 Å². The molecule has 140 valence electrons. The second-order valence-corrected chi connectivity index (χ2v) is 6.06. The first-order valence-electron chi connectivity index (χ1n) is 8.16. The van der Waals surface area contributed by atoms with E-state index in [2.05, 4.69) is 25.8 Å². The van der Waals surface area contributed by atoms with E-state index in [0.29, 0.717) is 16.9 Å². The summed E-state index contributed by atoms with van der Waals surface area (Å²) in [5, 5.41) is 13.9. The number of nitrogens with zero attached hydrogens (tertiary/aromatic N) is 7. The predicted molar refractivity (Wildman–Crippen MR) is 99.3 cm³/mol. The molecule has 0 bridgehead atoms. The molecule has 0 spiro atoms. The molecule has 0 atom stereocenters. The highest BCUT2D eigenvalue weighted by molar-refractivity contribution is 6.05. The molecule has 11 nitrogen and oxygen atoms in total. The minimum atomic E-state index is -0.484. The van der Waals surface area contributed by atoms with E-state index in [9.17, 15) is 14.4 Å². The van der Waals surface area contributed by atoms with Crippen molar-refractivity contribution in [3.05, 3.63) is 69.3 Å². The first-order chi connectivity index (χ1) is 13.5. The van der Waals surface area contributed by atoms with Crippen LogP contribution in [0.4, 0.5) is 5.69 Å². The molecular formula is C17H14N8O3. The lowest BCUT2D eigenvalue weighted by molar-refractivity contribution is 0.102. The lowest BCUT2D eigenvalue weighted by atomic mass is 10.2. The third-order valence-electron chi connectivity index (χ3n) is 4.27. The quantitative estimate of drug-likeness (QED) is 0.525. The SMILES string of the molecule is Cn1c(=O)c2cc(NC(=O)c3cccc(-n4cnnn4)c3)cnc2n(C)c1=O. The largest absolute Gasteiger partial charge is 0.332 e. The molecule has 1 amide bonds. The highest BCUT2D eigenvalue weighted by Crippen LogP contribution is 2.15. The second-order valence-electron chi connectivity index (χ2n) is 6.06. The minimum absolute atomic E-state index is 0.227. The molecule has 0 fully saturated rings. The van der Waals surface area contributed by atoms with Crippen molar-refractivity contribution in [3.63, 3.8) is 0 Å². The molecule has 0 unspecified atom stereocenters. The number of fused-ring (bicyclic) bond motifs is 1. The summed E-state index contributed by atoms with van der Waals surface area (Å²) in [6, 6.07) is 8.22. The predicted octanol–water partition coefficient (Wildman–Crippen LogP) is -0.140. The van der Waals surface area contributed by atoms with Gasteiger partial charge in [-0.25, -0.2) is 14.5 Å². The normalized spacial score (nSPS) is 10.9. The molecule has 0 aliphatic carbocycles. The Labute approximate surface area is 156 Å². The third-order valence-corrected chi connectivity index (χ3v) is 4.27. The Morgan fingerprint density at radius 1 is 1.11 bits per heavy atom. The molecule has 3 heterocycles. The number of carbonyl (C=O) groups excluding carboxylic acids is 1. The number of hydrogen-bond donors (Lipinski definition) is 1. The van der Waals surface area contributed by atoms with Crippen LogP contribution in [0.3, 0.4) is 0 Å². The Balaban J connectivity index is 1.69. The second kappa shape index (κ2) is 6.54. The van der Waals surface area contributed by atoms with Crippen molar-refractivity contribution >= 4 is 22.6 Å². The topological polar surface area (TPSA) is 130 Å². The van der Waals surface area contributed by atoms with E-state index in [1.165, 1.54) is 41.9 Å². The summed E-state index contributed by atoms with van der Waals surface area (Å²) in [6.07, 6.45) is 2.81. The molecule has 0 saturated carbocycles. The standard InChI is InChI=1S/C17H14N8O3/c1-23-14-13(16(27)24(2)17(23)28)7-11(8-18-14)20-15(26)10-4-3-5-12(6-10)25-9-19-21-22-25/h3-9H,1-2H3,(H,20,26). The minimum Gasteiger partial charge on any atom is -0.321 e. The van der Waals surface area contributed by atoms with Gasteiger partial charge in [-0.05, 0) is 34.7 Å². The number of carbonyl (C=O) groups is 1. The number of aryl methyl sites for hydroxylation is 1. The molecule has 4 aromatic rings. The fourth-order valence-electron chi connectivity index (χ4n) is 2.81. The monoisotopic (exact) mass is 378 g/mol. The number of benzene rings is 1. The lowest BCUT2D eigenvalue weighted by Crippen LogP contribution is -2.37. The van der Waals surface area contributed by atoms with Gasteiger partial charge in [0.2, 0.25) is 0 Å². The Kier molecular flexibility index (Phi) is 4.03. The van der Waals surface area contributed by atoms with E-state index in [0.717, 1.165) is 4.57 Å². The smallest absolute Gasteiger partial charge is 0.321 e. The molecule has 0 saturated heterocycles. The van der Waals surface area contributed by atoms with Gasteiger partial charge in [0.15, 0.2) is 0 Å². The molecule has 28 heavy (non-hydrogen) atoms. The summed E-state index contributed by atoms with van der Waals surface area (Å²) in [5.41, 5.74) is 0.621. The summed E-state index contributed by atoms with van der Waals surface area (Å²) >= 11 is 0. The molecule has 1 N–H and O–H groups in total. The molecular weight excluding hydrogens is 364 g/mol. The van der Waals surface area contributed by atoms with Crippen LogP contribution in [0.25, 0.3) is 16.7 Å². The zero-order chi connectivity index (χ0) is 19.8. The van der Waals surface area contributed by atoms with Gasteiger partial charge in [-0.2, -0.15) is 0 Å². The van der Waals surface area contributed by atoms with Gasteiger partial charge in [-0.15, -0.1) is 5.10 Å². The van der Waals surface area contributed by atoms with Crippen LogP contribution in [0.15, 0.2) is 52.4 Å². The van der Waals surface area contributed by atoms with Gasteiger partial charge in [0.05, 0.1) is 23.0 Å². The molecule has 0 aliphatic heterocycles. The van der Waals surface area contributed by atoms with Crippen LogP contribution < -0.4 is 16.6 Å². The van der Waals surface area contributed by atoms with Crippen LogP contribution in [-0.4, -0.2) is 40.2 Å². The number of pyridine rings is 1. The Morgan fingerprint density at radius 2 is 1.93 bits per heavy atom. The summed E-state index contributed by atoms with van der Waals surface area (Å²) in [5.74, 6) is -0.391. The number of amides is 1. The number of anilines is 1. The molecule has 3 aromatic heterocycles. The van der Waals surface area contributed by atoms with Crippen LogP contribution in [0.1, 0.15) is 10.4 Å². The average Bonchev–Trinajstić information content (AvgIpc) is 3.25. The van der Waals surface area contributed by atoms with Crippen molar-refractivity contribution in [1.82, 2.24) is 34.3 Å². The summed E-state index contributed by atoms with van der Waals surface area (Å²) in [7, 11) is 2.92. The molecule has 11 heteroatoms. The van der Waals surface area contributed by atoms with E-state index in [1.807, 2.05) is 0 Å². The summed E-state index contributed by atoms with van der Waals surface area (Å²) in [4.78, 5) is 41.1. The van der Waals surface area contributed by atoms with Gasteiger partial charge >= 0.3 is 5.69 Å². The van der Waals surface area contributed by atoms with Crippen molar-refractivity contribution in [2.45, 2.75) is 0 Å². The van der Waals surface area contributed by atoms with Crippen LogP contribution >= 0.6 is 0 Å². The van der Waals surface area contributed by atoms with Crippen molar-refractivity contribution in [3.8, 4) is 5.69 Å². The van der Waals surface area contributed by atoms with Gasteiger partial charge in [0.1, 0.15) is 12.0 Å². The Hall–Kier alpha value is -4.15. The number of tetrazole rings is 1. The van der Waals surface area contributed by atoms with Crippen molar-refractivity contribution in [1.29, 1.82) is 0 Å². The van der Waals surface area contributed by atoms with Crippen LogP contribution in [0, 0.1) is 0 Å². The van der Waals surface area contributed by atoms with Crippen LogP contribution in [-0.2, 0) is 14.1 Å². The van der Waals surface area contributed by atoms with Gasteiger partial charge in [-0.3, -0.25) is 18.7 Å². The number of rotatable bonds is 3. The average molecular weight is 378 g/mol. The van der Waals surface area contributed by atoms with Crippen molar-refractivity contribution in [2.75, 3.05) is 5.32 Å². The van der Waals surface area contributed by atoms with E-state index >= 15 is 0 Å². The lowest BCUT2D eigenvalue weighted by Gasteiger charge is -2.09. The summed E-state index contributed by atoms with van der Waals surface area (Å²) in [6.45, 7) is 0. The van der Waals surface area contributed by atoms with E-state index in [4.69, 9.17) is 0 Å². The zero-order valence-corrected chi connectivity index (χ0v) is 14.9. The molecule has 4 rings (SSSR count). The molecule has 1 aromatic carbocycles. The molecule has 0 aliphatic rings. The van der Waals surface area contributed by atoms with Crippen molar-refractivity contribution in [2.24, 2.45) is 14.1 Å². The number of hydrogen-bond acceptors (Lipinski definition) is 7.